The van der Waals surface area contributed by atoms with Gasteiger partial charge in [-0.1, -0.05) is 12.2 Å². The van der Waals surface area contributed by atoms with E-state index in [-0.39, 0.29) is 0 Å². The van der Waals surface area contributed by atoms with Gasteiger partial charge in [-0.3, -0.25) is 0 Å². The first kappa shape index (κ1) is 5.89. The van der Waals surface area contributed by atoms with E-state index >= 15 is 0 Å². The zero-order chi connectivity index (χ0) is 5.98. The van der Waals surface area contributed by atoms with Crippen molar-refractivity contribution in [2.75, 3.05) is 13.6 Å². The lowest BCUT2D eigenvalue weighted by atomic mass is 10.4. The third kappa shape index (κ3) is 1.13. The predicted octanol–water partition coefficient (Wildman–Crippen LogP) is 1.72. The summed E-state index contributed by atoms with van der Waals surface area (Å²) in [7, 11) is 2.05. The molecule has 0 fully saturated rings. The number of likely N-dealkylation sites (N-methyl/N-ethyl adjacent to an activating group) is 1. The minimum absolute atomic E-state index is 1.01. The molecular weight excluding hydrogens is 166 g/mol. The Balaban J connectivity index is 2.66. The summed E-state index contributed by atoms with van der Waals surface area (Å²) in [5.41, 5.74) is 0. The highest BCUT2D eigenvalue weighted by Crippen LogP contribution is 2.12. The molecule has 1 heterocycles. The van der Waals surface area contributed by atoms with Crippen LogP contribution in [0.5, 0.6) is 0 Å². The maximum atomic E-state index is 3.39. The lowest BCUT2D eigenvalue weighted by molar-refractivity contribution is 0.495. The van der Waals surface area contributed by atoms with Crippen LogP contribution < -0.4 is 0 Å². The van der Waals surface area contributed by atoms with Crippen molar-refractivity contribution >= 4 is 15.9 Å². The number of allylic oxidation sites excluding steroid dienone is 2. The van der Waals surface area contributed by atoms with Crippen molar-refractivity contribution in [2.24, 2.45) is 0 Å². The second-order valence-electron chi connectivity index (χ2n) is 1.80. The summed E-state index contributed by atoms with van der Waals surface area (Å²) in [5.74, 6) is 0. The molecule has 1 aliphatic rings. The third-order valence-corrected chi connectivity index (χ3v) is 1.98. The van der Waals surface area contributed by atoms with Crippen LogP contribution in [0, 0.1) is 0 Å². The fourth-order valence-electron chi connectivity index (χ4n) is 0.581. The van der Waals surface area contributed by atoms with Crippen LogP contribution >= 0.6 is 15.9 Å². The number of hydrogen-bond donors (Lipinski definition) is 0. The van der Waals surface area contributed by atoms with E-state index in [4.69, 9.17) is 0 Å². The molecule has 0 aromatic heterocycles. The largest absolute Gasteiger partial charge is 0.365 e. The van der Waals surface area contributed by atoms with Gasteiger partial charge in [0.25, 0.3) is 0 Å². The molecule has 0 saturated heterocycles. The molecule has 1 nitrogen and oxygen atoms in total. The van der Waals surface area contributed by atoms with Crippen molar-refractivity contribution in [1.82, 2.24) is 4.90 Å². The van der Waals surface area contributed by atoms with E-state index < -0.39 is 0 Å². The molecule has 0 atom stereocenters. The zero-order valence-electron chi connectivity index (χ0n) is 4.76. The molecule has 0 aromatic rings. The predicted molar refractivity (Wildman–Crippen MR) is 38.8 cm³/mol. The first-order chi connectivity index (χ1) is 3.80. The summed E-state index contributed by atoms with van der Waals surface area (Å²) in [6.45, 7) is 1.01. The van der Waals surface area contributed by atoms with Gasteiger partial charge in [0.05, 0.1) is 4.61 Å². The summed E-state index contributed by atoms with van der Waals surface area (Å²) < 4.78 is 1.15. The van der Waals surface area contributed by atoms with Gasteiger partial charge in [0.1, 0.15) is 0 Å². The van der Waals surface area contributed by atoms with Gasteiger partial charge in [-0.15, -0.1) is 0 Å². The Bertz CT molecular complexity index is 137. The minimum atomic E-state index is 1.01. The quantitative estimate of drug-likeness (QED) is 0.505. The van der Waals surface area contributed by atoms with E-state index in [2.05, 4.69) is 26.9 Å². The van der Waals surface area contributed by atoms with Crippen molar-refractivity contribution in [2.45, 2.75) is 0 Å². The number of halogens is 1. The number of rotatable bonds is 0. The zero-order valence-corrected chi connectivity index (χ0v) is 6.35. The Morgan fingerprint density at radius 3 is 2.88 bits per heavy atom. The van der Waals surface area contributed by atoms with Crippen LogP contribution in [0.15, 0.2) is 22.8 Å². The molecule has 0 spiro atoms. The molecule has 0 aromatic carbocycles. The summed E-state index contributed by atoms with van der Waals surface area (Å²) in [4.78, 5) is 2.12. The molecule has 1 aliphatic heterocycles. The van der Waals surface area contributed by atoms with Crippen molar-refractivity contribution in [1.29, 1.82) is 0 Å². The van der Waals surface area contributed by atoms with Crippen LogP contribution in [0.2, 0.25) is 0 Å². The molecule has 0 aliphatic carbocycles. The minimum Gasteiger partial charge on any atom is -0.365 e. The van der Waals surface area contributed by atoms with Gasteiger partial charge < -0.3 is 4.90 Å². The highest BCUT2D eigenvalue weighted by molar-refractivity contribution is 9.11. The van der Waals surface area contributed by atoms with Gasteiger partial charge in [-0.05, 0) is 22.0 Å². The monoisotopic (exact) mass is 173 g/mol. The molecule has 0 radical (unpaired) electrons. The summed E-state index contributed by atoms with van der Waals surface area (Å²) in [5, 5.41) is 0. The van der Waals surface area contributed by atoms with Gasteiger partial charge in [-0.25, -0.2) is 0 Å². The highest BCUT2D eigenvalue weighted by atomic mass is 79.9. The Hall–Kier alpha value is -0.240. The molecule has 0 unspecified atom stereocenters. The highest BCUT2D eigenvalue weighted by Gasteiger charge is 1.98. The van der Waals surface area contributed by atoms with E-state index in [0.717, 1.165) is 11.2 Å². The van der Waals surface area contributed by atoms with Gasteiger partial charge in [-0.2, -0.15) is 0 Å². The lowest BCUT2D eigenvalue weighted by Crippen LogP contribution is -2.15. The number of hydrogen-bond acceptors (Lipinski definition) is 1. The summed E-state index contributed by atoms with van der Waals surface area (Å²) in [6, 6.07) is 0. The maximum absolute atomic E-state index is 3.39. The normalized spacial score (nSPS) is 18.8. The molecule has 1 rings (SSSR count). The fraction of sp³-hybridized carbons (Fsp3) is 0.333. The Labute approximate surface area is 57.8 Å². The molecule has 0 amide bonds. The van der Waals surface area contributed by atoms with Crippen LogP contribution in [-0.2, 0) is 0 Å². The third-order valence-electron chi connectivity index (χ3n) is 1.11. The van der Waals surface area contributed by atoms with Crippen molar-refractivity contribution < 1.29 is 0 Å². The molecule has 2 heteroatoms. The molecule has 0 N–H and O–H groups in total. The van der Waals surface area contributed by atoms with E-state index in [9.17, 15) is 0 Å². The van der Waals surface area contributed by atoms with E-state index in [1.54, 1.807) is 0 Å². The first-order valence-electron chi connectivity index (χ1n) is 2.54. The Kier molecular flexibility index (Phi) is 1.73. The van der Waals surface area contributed by atoms with Crippen LogP contribution in [0.1, 0.15) is 0 Å². The van der Waals surface area contributed by atoms with Crippen LogP contribution in [0.3, 0.4) is 0 Å². The first-order valence-corrected chi connectivity index (χ1v) is 3.33. The van der Waals surface area contributed by atoms with Crippen LogP contribution in [-0.4, -0.2) is 18.5 Å². The van der Waals surface area contributed by atoms with Crippen molar-refractivity contribution in [3.05, 3.63) is 22.8 Å². The lowest BCUT2D eigenvalue weighted by Gasteiger charge is -2.17. The Morgan fingerprint density at radius 2 is 2.50 bits per heavy atom. The van der Waals surface area contributed by atoms with Gasteiger partial charge >= 0.3 is 0 Å². The molecule has 0 bridgehead atoms. The maximum Gasteiger partial charge on any atom is 0.0806 e. The van der Waals surface area contributed by atoms with Crippen LogP contribution in [0.4, 0.5) is 0 Å². The molecule has 44 valence electrons. The van der Waals surface area contributed by atoms with E-state index in [0.29, 0.717) is 0 Å². The smallest absolute Gasteiger partial charge is 0.0806 e. The van der Waals surface area contributed by atoms with Crippen molar-refractivity contribution in [3.63, 3.8) is 0 Å². The van der Waals surface area contributed by atoms with Crippen LogP contribution in [0.25, 0.3) is 0 Å². The van der Waals surface area contributed by atoms with Gasteiger partial charge in [0, 0.05) is 13.6 Å². The summed E-state index contributed by atoms with van der Waals surface area (Å²) >= 11 is 3.39. The number of nitrogens with zero attached hydrogens (tertiary/aromatic N) is 1. The average Bonchev–Trinajstić information content (AvgIpc) is 1.77. The standard InChI is InChI=1S/C6H8BrN/c1-8-5-3-2-4-6(8)7/h2-4H,5H2,1H3. The van der Waals surface area contributed by atoms with Gasteiger partial charge in [0.2, 0.25) is 0 Å². The van der Waals surface area contributed by atoms with Gasteiger partial charge in [0.15, 0.2) is 0 Å². The Morgan fingerprint density at radius 1 is 1.75 bits per heavy atom. The second kappa shape index (κ2) is 2.35. The summed E-state index contributed by atoms with van der Waals surface area (Å²) in [6.07, 6.45) is 6.19. The van der Waals surface area contributed by atoms with E-state index in [1.165, 1.54) is 0 Å². The SMILES string of the molecule is CN1CC=CC=C1Br. The van der Waals surface area contributed by atoms with Crippen molar-refractivity contribution in [3.8, 4) is 0 Å². The topological polar surface area (TPSA) is 3.24 Å². The molecule has 8 heavy (non-hydrogen) atoms. The molecule has 0 saturated carbocycles. The average molecular weight is 174 g/mol. The molecular formula is C6H8BrN. The van der Waals surface area contributed by atoms with E-state index in [1.807, 2.05) is 19.2 Å². The second-order valence-corrected chi connectivity index (χ2v) is 2.61. The fourth-order valence-corrected chi connectivity index (χ4v) is 0.878.